The minimum Gasteiger partial charge on any atom is -0.384 e. The number of para-hydroxylation sites is 1. The third-order valence-corrected chi connectivity index (χ3v) is 1.57. The lowest BCUT2D eigenvalue weighted by Crippen LogP contribution is -1.95. The van der Waals surface area contributed by atoms with Gasteiger partial charge in [0.1, 0.15) is 0 Å². The summed E-state index contributed by atoms with van der Waals surface area (Å²) in [6, 6.07) is 7.72. The SMILES string of the molecule is CC.CCNc1ccccc1Cl. The molecule has 0 aliphatic carbocycles. The van der Waals surface area contributed by atoms with Crippen LogP contribution < -0.4 is 5.32 Å². The van der Waals surface area contributed by atoms with Gasteiger partial charge in [0.05, 0.1) is 10.7 Å². The molecule has 1 aromatic carbocycles. The van der Waals surface area contributed by atoms with Crippen molar-refractivity contribution in [3.63, 3.8) is 0 Å². The van der Waals surface area contributed by atoms with Gasteiger partial charge in [-0.25, -0.2) is 0 Å². The van der Waals surface area contributed by atoms with Crippen LogP contribution in [0.3, 0.4) is 0 Å². The van der Waals surface area contributed by atoms with Gasteiger partial charge in [-0.05, 0) is 19.1 Å². The summed E-state index contributed by atoms with van der Waals surface area (Å²) >= 11 is 5.84. The summed E-state index contributed by atoms with van der Waals surface area (Å²) in [5.74, 6) is 0. The Kier molecular flexibility index (Phi) is 6.58. The fourth-order valence-corrected chi connectivity index (χ4v) is 0.998. The molecule has 1 N–H and O–H groups in total. The van der Waals surface area contributed by atoms with Gasteiger partial charge in [-0.3, -0.25) is 0 Å². The van der Waals surface area contributed by atoms with Crippen LogP contribution >= 0.6 is 11.6 Å². The second kappa shape index (κ2) is 6.99. The zero-order valence-electron chi connectivity index (χ0n) is 7.89. The monoisotopic (exact) mass is 185 g/mol. The molecule has 0 saturated carbocycles. The average molecular weight is 186 g/mol. The number of hydrogen-bond donors (Lipinski definition) is 1. The number of halogens is 1. The van der Waals surface area contributed by atoms with Crippen molar-refractivity contribution in [2.75, 3.05) is 11.9 Å². The number of anilines is 1. The summed E-state index contributed by atoms with van der Waals surface area (Å²) in [7, 11) is 0. The Morgan fingerprint density at radius 3 is 2.33 bits per heavy atom. The van der Waals surface area contributed by atoms with E-state index in [1.807, 2.05) is 45.0 Å². The van der Waals surface area contributed by atoms with Gasteiger partial charge in [-0.2, -0.15) is 0 Å². The van der Waals surface area contributed by atoms with E-state index >= 15 is 0 Å². The predicted molar refractivity (Wildman–Crippen MR) is 57.0 cm³/mol. The van der Waals surface area contributed by atoms with Crippen LogP contribution in [0.15, 0.2) is 24.3 Å². The molecule has 12 heavy (non-hydrogen) atoms. The maximum Gasteiger partial charge on any atom is 0.0637 e. The van der Waals surface area contributed by atoms with Crippen LogP contribution in [0.4, 0.5) is 5.69 Å². The highest BCUT2D eigenvalue weighted by molar-refractivity contribution is 6.33. The Bertz CT molecular complexity index is 211. The Hall–Kier alpha value is -0.690. The quantitative estimate of drug-likeness (QED) is 0.739. The highest BCUT2D eigenvalue weighted by Gasteiger charge is 1.93. The summed E-state index contributed by atoms with van der Waals surface area (Å²) in [4.78, 5) is 0. The van der Waals surface area contributed by atoms with E-state index in [0.717, 1.165) is 17.3 Å². The van der Waals surface area contributed by atoms with Crippen LogP contribution in [-0.2, 0) is 0 Å². The van der Waals surface area contributed by atoms with Crippen molar-refractivity contribution in [3.05, 3.63) is 29.3 Å². The minimum atomic E-state index is 0.782. The third kappa shape index (κ3) is 3.63. The molecule has 0 atom stereocenters. The van der Waals surface area contributed by atoms with E-state index < -0.39 is 0 Å². The van der Waals surface area contributed by atoms with Crippen molar-refractivity contribution in [2.45, 2.75) is 20.8 Å². The molecule has 0 aliphatic rings. The molecule has 0 radical (unpaired) electrons. The molecule has 0 fully saturated rings. The van der Waals surface area contributed by atoms with Crippen LogP contribution in [0.2, 0.25) is 5.02 Å². The largest absolute Gasteiger partial charge is 0.384 e. The molecule has 1 rings (SSSR count). The summed E-state index contributed by atoms with van der Waals surface area (Å²) < 4.78 is 0. The van der Waals surface area contributed by atoms with E-state index in [1.165, 1.54) is 0 Å². The second-order valence-corrected chi connectivity index (χ2v) is 2.42. The number of hydrogen-bond acceptors (Lipinski definition) is 1. The van der Waals surface area contributed by atoms with E-state index in [4.69, 9.17) is 11.6 Å². The van der Waals surface area contributed by atoms with Crippen molar-refractivity contribution < 1.29 is 0 Å². The van der Waals surface area contributed by atoms with Gasteiger partial charge in [-0.15, -0.1) is 0 Å². The predicted octanol–water partition coefficient (Wildman–Crippen LogP) is 3.80. The van der Waals surface area contributed by atoms with Crippen molar-refractivity contribution in [1.82, 2.24) is 0 Å². The molecule has 0 bridgehead atoms. The van der Waals surface area contributed by atoms with Gasteiger partial charge in [0.2, 0.25) is 0 Å². The van der Waals surface area contributed by atoms with Crippen molar-refractivity contribution in [1.29, 1.82) is 0 Å². The molecule has 2 heteroatoms. The molecule has 0 heterocycles. The van der Waals surface area contributed by atoms with Gasteiger partial charge in [0.25, 0.3) is 0 Å². The van der Waals surface area contributed by atoms with Crippen molar-refractivity contribution in [3.8, 4) is 0 Å². The average Bonchev–Trinajstić information content (AvgIpc) is 2.13. The first-order chi connectivity index (χ1) is 5.84. The molecule has 0 spiro atoms. The molecular weight excluding hydrogens is 170 g/mol. The van der Waals surface area contributed by atoms with Gasteiger partial charge in [0, 0.05) is 6.54 Å². The summed E-state index contributed by atoms with van der Waals surface area (Å²) in [6.45, 7) is 6.95. The summed E-state index contributed by atoms with van der Waals surface area (Å²) in [5.41, 5.74) is 1.01. The van der Waals surface area contributed by atoms with Gasteiger partial charge < -0.3 is 5.32 Å². The first-order valence-electron chi connectivity index (χ1n) is 4.33. The number of nitrogens with one attached hydrogen (secondary N) is 1. The topological polar surface area (TPSA) is 12.0 Å². The zero-order valence-corrected chi connectivity index (χ0v) is 8.65. The summed E-state index contributed by atoms with van der Waals surface area (Å²) in [5, 5.41) is 3.93. The maximum absolute atomic E-state index is 5.84. The van der Waals surface area contributed by atoms with Crippen LogP contribution in [0.5, 0.6) is 0 Å². The lowest BCUT2D eigenvalue weighted by atomic mass is 10.3. The van der Waals surface area contributed by atoms with E-state index in [0.29, 0.717) is 0 Å². The van der Waals surface area contributed by atoms with Crippen molar-refractivity contribution in [2.24, 2.45) is 0 Å². The number of benzene rings is 1. The molecule has 1 nitrogen and oxygen atoms in total. The molecule has 68 valence electrons. The van der Waals surface area contributed by atoms with E-state index in [9.17, 15) is 0 Å². The molecule has 0 saturated heterocycles. The van der Waals surface area contributed by atoms with Crippen LogP contribution in [0.1, 0.15) is 20.8 Å². The maximum atomic E-state index is 5.84. The molecule has 0 aromatic heterocycles. The third-order valence-electron chi connectivity index (χ3n) is 1.24. The van der Waals surface area contributed by atoms with E-state index in [-0.39, 0.29) is 0 Å². The zero-order chi connectivity index (χ0) is 9.40. The molecule has 0 amide bonds. The molecule has 0 unspecified atom stereocenters. The van der Waals surface area contributed by atoms with Gasteiger partial charge in [-0.1, -0.05) is 37.6 Å². The van der Waals surface area contributed by atoms with Crippen molar-refractivity contribution >= 4 is 17.3 Å². The fraction of sp³-hybridized carbons (Fsp3) is 0.400. The highest BCUT2D eigenvalue weighted by Crippen LogP contribution is 2.19. The Balaban J connectivity index is 0.000000561. The van der Waals surface area contributed by atoms with E-state index in [1.54, 1.807) is 0 Å². The minimum absolute atomic E-state index is 0.782. The second-order valence-electron chi connectivity index (χ2n) is 2.01. The van der Waals surface area contributed by atoms with Crippen LogP contribution in [0, 0.1) is 0 Å². The normalized spacial score (nSPS) is 8.33. The summed E-state index contributed by atoms with van der Waals surface area (Å²) in [6.07, 6.45) is 0. The highest BCUT2D eigenvalue weighted by atomic mass is 35.5. The first kappa shape index (κ1) is 11.3. The Labute approximate surface area is 79.8 Å². The fourth-order valence-electron chi connectivity index (χ4n) is 0.795. The van der Waals surface area contributed by atoms with Gasteiger partial charge in [0.15, 0.2) is 0 Å². The van der Waals surface area contributed by atoms with Crippen LogP contribution in [0.25, 0.3) is 0 Å². The lowest BCUT2D eigenvalue weighted by molar-refractivity contribution is 1.21. The molecule has 0 aliphatic heterocycles. The van der Waals surface area contributed by atoms with E-state index in [2.05, 4.69) is 5.32 Å². The molecule has 1 aromatic rings. The standard InChI is InChI=1S/C8H10ClN.C2H6/c1-2-10-8-6-4-3-5-7(8)9;1-2/h3-6,10H,2H2,1H3;1-2H3. The number of rotatable bonds is 2. The first-order valence-corrected chi connectivity index (χ1v) is 4.70. The Morgan fingerprint density at radius 2 is 1.83 bits per heavy atom. The Morgan fingerprint density at radius 1 is 1.25 bits per heavy atom. The molecular formula is C10H16ClN. The lowest BCUT2D eigenvalue weighted by Gasteiger charge is -2.03. The van der Waals surface area contributed by atoms with Crippen LogP contribution in [-0.4, -0.2) is 6.54 Å². The van der Waals surface area contributed by atoms with Gasteiger partial charge >= 0.3 is 0 Å². The smallest absolute Gasteiger partial charge is 0.0637 e.